The molecule has 0 radical (unpaired) electrons. The third kappa shape index (κ3) is 5.10. The van der Waals surface area contributed by atoms with E-state index in [4.69, 9.17) is 24.2 Å². The number of hydrogen-bond donors (Lipinski definition) is 1. The Morgan fingerprint density at radius 3 is 2.94 bits per heavy atom. The van der Waals surface area contributed by atoms with Crippen LogP contribution in [-0.4, -0.2) is 72.9 Å². The third-order valence-corrected chi connectivity index (χ3v) is 7.37. The maximum Gasteiger partial charge on any atom is 0.258 e. The van der Waals surface area contributed by atoms with Gasteiger partial charge in [-0.15, -0.1) is 22.7 Å². The lowest BCUT2D eigenvalue weighted by molar-refractivity contribution is -0.123. The molecule has 0 aliphatic carbocycles. The van der Waals surface area contributed by atoms with Crippen molar-refractivity contribution in [3.8, 4) is 16.3 Å². The molecule has 0 spiro atoms. The lowest BCUT2D eigenvalue weighted by Gasteiger charge is -2.25. The van der Waals surface area contributed by atoms with E-state index in [2.05, 4.69) is 21.7 Å². The molecule has 0 saturated carbocycles. The first-order valence-corrected chi connectivity index (χ1v) is 12.7. The predicted molar refractivity (Wildman–Crippen MR) is 124 cm³/mol. The normalized spacial score (nSPS) is 19.4. The first-order valence-electron chi connectivity index (χ1n) is 10.9. The summed E-state index contributed by atoms with van der Waals surface area (Å²) in [6.07, 6.45) is 2.13. The highest BCUT2D eigenvalue weighted by Gasteiger charge is 2.21. The number of nitrogens with zero attached hydrogens (tertiary/aromatic N) is 3. The van der Waals surface area contributed by atoms with Gasteiger partial charge in [0.05, 0.1) is 31.2 Å². The van der Waals surface area contributed by atoms with Crippen LogP contribution in [0.5, 0.6) is 5.88 Å². The van der Waals surface area contributed by atoms with E-state index in [1.54, 1.807) is 22.7 Å². The van der Waals surface area contributed by atoms with Crippen LogP contribution in [-0.2, 0) is 20.8 Å². The summed E-state index contributed by atoms with van der Waals surface area (Å²) in [5.41, 5.74) is 1.05. The van der Waals surface area contributed by atoms with Crippen molar-refractivity contribution < 1.29 is 19.0 Å². The monoisotopic (exact) mass is 474 g/mol. The van der Waals surface area contributed by atoms with Crippen molar-refractivity contribution in [2.75, 3.05) is 46.1 Å². The van der Waals surface area contributed by atoms with Crippen molar-refractivity contribution in [2.45, 2.75) is 25.5 Å². The predicted octanol–water partition coefficient (Wildman–Crippen LogP) is 2.93. The number of morpholine rings is 1. The Kier molecular flexibility index (Phi) is 6.94. The Morgan fingerprint density at radius 1 is 1.25 bits per heavy atom. The number of rotatable bonds is 8. The summed E-state index contributed by atoms with van der Waals surface area (Å²) in [6, 6.07) is 4.10. The minimum Gasteiger partial charge on any atom is -0.467 e. The second-order valence-electron chi connectivity index (χ2n) is 7.87. The average molecular weight is 475 g/mol. The molecule has 1 atom stereocenters. The summed E-state index contributed by atoms with van der Waals surface area (Å²) in [6.45, 7) is 4.98. The molecule has 2 saturated heterocycles. The largest absolute Gasteiger partial charge is 0.467 e. The molecule has 5 heterocycles. The number of hydrogen-bond acceptors (Lipinski definition) is 9. The highest BCUT2D eigenvalue weighted by molar-refractivity contribution is 7.18. The Bertz CT molecular complexity index is 1040. The van der Waals surface area contributed by atoms with Crippen LogP contribution in [0.4, 0.5) is 0 Å². The van der Waals surface area contributed by atoms with Crippen LogP contribution in [0.15, 0.2) is 22.9 Å². The molecule has 3 aromatic heterocycles. The molecule has 5 rings (SSSR count). The lowest BCUT2D eigenvalue weighted by atomic mass is 10.2. The number of carbonyl (C=O) groups excluding carboxylic acids is 1. The zero-order valence-electron chi connectivity index (χ0n) is 17.7. The number of carbonyl (C=O) groups is 1. The first-order chi connectivity index (χ1) is 15.8. The van der Waals surface area contributed by atoms with Gasteiger partial charge in [-0.1, -0.05) is 6.07 Å². The van der Waals surface area contributed by atoms with Crippen molar-refractivity contribution in [3.05, 3.63) is 28.7 Å². The summed E-state index contributed by atoms with van der Waals surface area (Å²) in [5.74, 6) is 0.999. The zero-order chi connectivity index (χ0) is 21.8. The minimum absolute atomic E-state index is 0.0877. The number of nitrogens with one attached hydrogen (secondary N) is 1. The number of amides is 1. The molecule has 0 aromatic carbocycles. The lowest BCUT2D eigenvalue weighted by Crippen LogP contribution is -2.36. The second kappa shape index (κ2) is 10.2. The highest BCUT2D eigenvalue weighted by Crippen LogP contribution is 2.39. The van der Waals surface area contributed by atoms with E-state index in [9.17, 15) is 4.79 Å². The Balaban J connectivity index is 1.36. The van der Waals surface area contributed by atoms with Crippen molar-refractivity contribution in [2.24, 2.45) is 0 Å². The Hall–Kier alpha value is -2.11. The summed E-state index contributed by atoms with van der Waals surface area (Å²) in [4.78, 5) is 26.2. The second-order valence-corrected chi connectivity index (χ2v) is 9.67. The molecule has 0 bridgehead atoms. The van der Waals surface area contributed by atoms with E-state index in [1.165, 1.54) is 0 Å². The van der Waals surface area contributed by atoms with Crippen LogP contribution in [0.3, 0.4) is 0 Å². The van der Waals surface area contributed by atoms with E-state index >= 15 is 0 Å². The van der Waals surface area contributed by atoms with Crippen LogP contribution in [0.2, 0.25) is 0 Å². The van der Waals surface area contributed by atoms with Gasteiger partial charge in [0.1, 0.15) is 10.7 Å². The van der Waals surface area contributed by atoms with E-state index in [0.717, 1.165) is 66.4 Å². The van der Waals surface area contributed by atoms with Crippen molar-refractivity contribution in [1.29, 1.82) is 0 Å². The summed E-state index contributed by atoms with van der Waals surface area (Å²) in [7, 11) is 0. The molecular weight excluding hydrogens is 448 g/mol. The molecule has 3 aromatic rings. The van der Waals surface area contributed by atoms with Gasteiger partial charge in [-0.3, -0.25) is 9.69 Å². The summed E-state index contributed by atoms with van der Waals surface area (Å²) in [5, 5.41) is 7.92. The van der Waals surface area contributed by atoms with Gasteiger partial charge in [0.15, 0.2) is 6.61 Å². The van der Waals surface area contributed by atoms with Gasteiger partial charge in [0, 0.05) is 42.1 Å². The van der Waals surface area contributed by atoms with E-state index in [1.807, 2.05) is 11.4 Å². The number of thiophene rings is 2. The molecule has 32 heavy (non-hydrogen) atoms. The molecule has 0 unspecified atom stereocenters. The van der Waals surface area contributed by atoms with Crippen LogP contribution < -0.4 is 10.1 Å². The fourth-order valence-corrected chi connectivity index (χ4v) is 5.69. The molecule has 1 N–H and O–H groups in total. The SMILES string of the molecule is O=C(COc1nc(CN2CCOCC2)nc2scc(-c3cccs3)c12)NC[C@H]1CCCO1. The van der Waals surface area contributed by atoms with E-state index in [0.29, 0.717) is 24.8 Å². The number of fused-ring (bicyclic) bond motifs is 1. The molecule has 170 valence electrons. The maximum atomic E-state index is 12.4. The topological polar surface area (TPSA) is 85.8 Å². The Morgan fingerprint density at radius 2 is 2.16 bits per heavy atom. The van der Waals surface area contributed by atoms with Crippen LogP contribution in [0.25, 0.3) is 20.7 Å². The van der Waals surface area contributed by atoms with Gasteiger partial charge in [-0.05, 0) is 24.3 Å². The molecule has 2 aliphatic rings. The van der Waals surface area contributed by atoms with Gasteiger partial charge in [-0.25, -0.2) is 4.98 Å². The molecule has 1 amide bonds. The zero-order valence-corrected chi connectivity index (χ0v) is 19.4. The number of aromatic nitrogens is 2. The van der Waals surface area contributed by atoms with Gasteiger partial charge < -0.3 is 19.5 Å². The van der Waals surface area contributed by atoms with Crippen molar-refractivity contribution in [1.82, 2.24) is 20.2 Å². The first kappa shape index (κ1) is 21.7. The van der Waals surface area contributed by atoms with Gasteiger partial charge in [0.25, 0.3) is 5.91 Å². The van der Waals surface area contributed by atoms with Crippen LogP contribution >= 0.6 is 22.7 Å². The fraction of sp³-hybridized carbons (Fsp3) is 0.500. The van der Waals surface area contributed by atoms with Gasteiger partial charge in [0.2, 0.25) is 5.88 Å². The number of ether oxygens (including phenoxy) is 3. The summed E-state index contributed by atoms with van der Waals surface area (Å²) < 4.78 is 17.0. The maximum absolute atomic E-state index is 12.4. The standard InChI is InChI=1S/C22H26N4O4S2/c27-19(23-11-15-3-1-7-29-15)13-30-21-20-16(17-4-2-10-31-17)14-32-22(20)25-18(24-21)12-26-5-8-28-9-6-26/h2,4,10,14-15H,1,3,5-9,11-13H2,(H,23,27)/t15-/m1/s1. The van der Waals surface area contributed by atoms with Gasteiger partial charge in [-0.2, -0.15) is 4.98 Å². The molecular formula is C22H26N4O4S2. The van der Waals surface area contributed by atoms with Gasteiger partial charge >= 0.3 is 0 Å². The minimum atomic E-state index is -0.171. The molecule has 8 nitrogen and oxygen atoms in total. The van der Waals surface area contributed by atoms with Crippen LogP contribution in [0, 0.1) is 0 Å². The third-order valence-electron chi connectivity index (χ3n) is 5.59. The molecule has 2 aliphatic heterocycles. The van der Waals surface area contributed by atoms with E-state index < -0.39 is 0 Å². The highest BCUT2D eigenvalue weighted by atomic mass is 32.1. The smallest absolute Gasteiger partial charge is 0.258 e. The fourth-order valence-electron chi connectivity index (χ4n) is 3.92. The van der Waals surface area contributed by atoms with Crippen molar-refractivity contribution >= 4 is 38.8 Å². The van der Waals surface area contributed by atoms with Crippen molar-refractivity contribution in [3.63, 3.8) is 0 Å². The quantitative estimate of drug-likeness (QED) is 0.537. The van der Waals surface area contributed by atoms with Crippen LogP contribution in [0.1, 0.15) is 18.7 Å². The molecule has 10 heteroatoms. The summed E-state index contributed by atoms with van der Waals surface area (Å²) >= 11 is 3.24. The molecule has 2 fully saturated rings. The Labute approximate surface area is 194 Å². The average Bonchev–Trinajstić information content (AvgIpc) is 3.58. The van der Waals surface area contributed by atoms with E-state index in [-0.39, 0.29) is 18.6 Å².